The molecule has 0 aromatic rings. The van der Waals surface area contributed by atoms with Crippen LogP contribution in [0.25, 0.3) is 0 Å². The van der Waals surface area contributed by atoms with Crippen LogP contribution < -0.4 is 21.3 Å². The van der Waals surface area contributed by atoms with Crippen molar-refractivity contribution >= 4 is 53.3 Å². The van der Waals surface area contributed by atoms with Gasteiger partial charge in [-0.1, -0.05) is 96.9 Å². The maximum absolute atomic E-state index is 15.2. The standard InChI is InChI=1S/C58H107N11O10/c1-25-41-54(74)63(18)40(17)53(73)64(19)42(26-31(2)3)51(71)61-49(36(12)13)67(22)45(29-34(8)9)59-39(16)50(70)62-58(78)66(21)44(28-33(6)7)55(75)65(20)43(27-32(4)5)56(76)68(23)46(35(10)11)57(77)69(24)47(52(72)60-41)48-37(14)30-38(15)79-48/h31-49,59H,25-30H2,1-24H3,(H,60,72)(H,61,71)(H,62,70,78)/t37-,38?,39-,40-,41?,42+,43?,44-,45-,46?,47?,48?,49?/m1/s1. The molecule has 0 aromatic carbocycles. The first-order chi connectivity index (χ1) is 36.4. The summed E-state index contributed by atoms with van der Waals surface area (Å²) >= 11 is 0. The van der Waals surface area contributed by atoms with Crippen LogP contribution in [0.1, 0.15) is 156 Å². The second-order valence-electron chi connectivity index (χ2n) is 25.4. The van der Waals surface area contributed by atoms with Crippen LogP contribution in [-0.4, -0.2) is 210 Å². The van der Waals surface area contributed by atoms with Crippen LogP contribution in [0.3, 0.4) is 0 Å². The van der Waals surface area contributed by atoms with Crippen LogP contribution in [-0.2, 0) is 43.1 Å². The summed E-state index contributed by atoms with van der Waals surface area (Å²) in [5, 5.41) is 12.0. The van der Waals surface area contributed by atoms with Crippen molar-refractivity contribution in [3.05, 3.63) is 0 Å². The second-order valence-corrected chi connectivity index (χ2v) is 25.4. The van der Waals surface area contributed by atoms with Gasteiger partial charge in [0.15, 0.2) is 0 Å². The smallest absolute Gasteiger partial charge is 0.324 e. The molecule has 0 saturated carbocycles. The Balaban J connectivity index is 2.97. The maximum Gasteiger partial charge on any atom is 0.324 e. The number of likely N-dealkylation sites (N-methyl/N-ethyl adjacent to an activating group) is 6. The van der Waals surface area contributed by atoms with Crippen LogP contribution >= 0.6 is 0 Å². The van der Waals surface area contributed by atoms with Crippen LogP contribution in [0.2, 0.25) is 0 Å². The van der Waals surface area contributed by atoms with Crippen molar-refractivity contribution in [1.82, 2.24) is 55.6 Å². The summed E-state index contributed by atoms with van der Waals surface area (Å²) in [4.78, 5) is 142. The van der Waals surface area contributed by atoms with Crippen molar-refractivity contribution in [3.8, 4) is 0 Å². The lowest BCUT2D eigenvalue weighted by molar-refractivity contribution is -0.157. The average Bonchev–Trinajstić information content (AvgIpc) is 3.70. The van der Waals surface area contributed by atoms with E-state index in [1.807, 2.05) is 95.0 Å². The molecule has 0 aromatic heterocycles. The van der Waals surface area contributed by atoms with Gasteiger partial charge in [-0.3, -0.25) is 53.9 Å². The van der Waals surface area contributed by atoms with Crippen LogP contribution in [0.15, 0.2) is 0 Å². The predicted octanol–water partition coefficient (Wildman–Crippen LogP) is 4.57. The summed E-state index contributed by atoms with van der Waals surface area (Å²) in [6.45, 7) is 31.9. The minimum absolute atomic E-state index is 0.0272. The molecule has 4 N–H and O–H groups in total. The molecule has 13 atom stereocenters. The van der Waals surface area contributed by atoms with E-state index in [1.54, 1.807) is 41.7 Å². The van der Waals surface area contributed by atoms with Gasteiger partial charge < -0.3 is 44.8 Å². The third-order valence-electron chi connectivity index (χ3n) is 15.9. The molecule has 7 unspecified atom stereocenters. The molecule has 2 aliphatic rings. The highest BCUT2D eigenvalue weighted by Crippen LogP contribution is 2.32. The fourth-order valence-electron chi connectivity index (χ4n) is 11.1. The molecule has 10 amide bonds. The lowest BCUT2D eigenvalue weighted by Gasteiger charge is -2.42. The predicted molar refractivity (Wildman–Crippen MR) is 307 cm³/mol. The average molecular weight is 1120 g/mol. The summed E-state index contributed by atoms with van der Waals surface area (Å²) in [6.07, 6.45) is -0.223. The van der Waals surface area contributed by atoms with Gasteiger partial charge in [-0.15, -0.1) is 0 Å². The lowest BCUT2D eigenvalue weighted by atomic mass is 9.92. The van der Waals surface area contributed by atoms with Gasteiger partial charge in [0, 0.05) is 42.3 Å². The van der Waals surface area contributed by atoms with E-state index in [2.05, 4.69) is 21.3 Å². The van der Waals surface area contributed by atoms with E-state index in [4.69, 9.17) is 4.74 Å². The topological polar surface area (TPSA) is 234 Å². The van der Waals surface area contributed by atoms with Crippen molar-refractivity contribution in [3.63, 3.8) is 0 Å². The van der Waals surface area contributed by atoms with Crippen molar-refractivity contribution in [2.75, 3.05) is 49.3 Å². The summed E-state index contributed by atoms with van der Waals surface area (Å²) in [5.74, 6) is -5.41. The van der Waals surface area contributed by atoms with E-state index in [0.717, 1.165) is 0 Å². The molecule has 21 heteroatoms. The quantitative estimate of drug-likeness (QED) is 0.211. The zero-order chi connectivity index (χ0) is 61.0. The van der Waals surface area contributed by atoms with E-state index < -0.39 is 126 Å². The number of hydrogen-bond acceptors (Lipinski definition) is 12. The fourth-order valence-corrected chi connectivity index (χ4v) is 11.1. The molecule has 2 aliphatic heterocycles. The first-order valence-electron chi connectivity index (χ1n) is 29.1. The third-order valence-corrected chi connectivity index (χ3v) is 15.9. The zero-order valence-corrected chi connectivity index (χ0v) is 52.9. The Bertz CT molecular complexity index is 2090. The van der Waals surface area contributed by atoms with Crippen molar-refractivity contribution in [2.45, 2.75) is 229 Å². The molecular weight excluding hydrogens is 1010 g/mol. The molecule has 21 nitrogen and oxygen atoms in total. The van der Waals surface area contributed by atoms with Gasteiger partial charge in [0.1, 0.15) is 42.3 Å². The summed E-state index contributed by atoms with van der Waals surface area (Å²) in [6, 6.07) is -9.54. The Morgan fingerprint density at radius 3 is 1.44 bits per heavy atom. The highest BCUT2D eigenvalue weighted by molar-refractivity contribution is 6.00. The van der Waals surface area contributed by atoms with Gasteiger partial charge in [0.05, 0.1) is 30.6 Å². The molecular formula is C58H107N11O10. The highest BCUT2D eigenvalue weighted by Gasteiger charge is 2.48. The Morgan fingerprint density at radius 2 is 0.987 bits per heavy atom. The number of imide groups is 1. The Kier molecular flexibility index (Phi) is 27.4. The van der Waals surface area contributed by atoms with E-state index in [1.165, 1.54) is 64.6 Å². The Morgan fingerprint density at radius 1 is 0.506 bits per heavy atom. The van der Waals surface area contributed by atoms with Gasteiger partial charge in [0.25, 0.3) is 0 Å². The van der Waals surface area contributed by atoms with Gasteiger partial charge in [-0.05, 0) is 108 Å². The van der Waals surface area contributed by atoms with Gasteiger partial charge >= 0.3 is 6.03 Å². The lowest BCUT2D eigenvalue weighted by Crippen LogP contribution is -2.64. The number of ether oxygens (including phenoxy) is 1. The molecule has 2 heterocycles. The van der Waals surface area contributed by atoms with E-state index in [0.29, 0.717) is 19.3 Å². The normalized spacial score (nSPS) is 30.8. The first kappa shape index (κ1) is 70.2. The maximum atomic E-state index is 15.2. The van der Waals surface area contributed by atoms with Crippen LogP contribution in [0, 0.1) is 41.4 Å². The Labute approximate surface area is 475 Å². The molecule has 0 radical (unpaired) electrons. The number of hydrogen-bond donors (Lipinski definition) is 4. The second kappa shape index (κ2) is 30.8. The van der Waals surface area contributed by atoms with E-state index >= 15 is 9.59 Å². The minimum atomic E-state index is -1.26. The molecule has 0 aliphatic carbocycles. The van der Waals surface area contributed by atoms with Gasteiger partial charge in [0.2, 0.25) is 47.3 Å². The van der Waals surface area contributed by atoms with Crippen molar-refractivity contribution in [2.24, 2.45) is 41.4 Å². The monoisotopic (exact) mass is 1120 g/mol. The molecule has 2 rings (SSSR count). The summed E-state index contributed by atoms with van der Waals surface area (Å²) < 4.78 is 6.38. The molecule has 2 saturated heterocycles. The van der Waals surface area contributed by atoms with E-state index in [-0.39, 0.29) is 60.9 Å². The number of nitrogens with zero attached hydrogens (tertiary/aromatic N) is 7. The SMILES string of the molecule is CCC1NC(=O)C(C2OC(C)C[C@H]2C)N(C)C(=O)C(C(C)C)N(C)C(=O)C(CC(C)C)N(C)C(=O)[C@@H](CC(C)C)N(C)C(=O)NC(=O)[C@@H](C)N[C@@H](CC(C)C)N(C)C(C(C)C)NC(=O)[C@H](CC(C)C)N(C)C(=O)[C@@H](C)N(C)C1=O. The first-order valence-corrected chi connectivity index (χ1v) is 29.1. The number of nitrogens with one attached hydrogen (secondary N) is 4. The molecule has 0 spiro atoms. The molecule has 79 heavy (non-hydrogen) atoms. The van der Waals surface area contributed by atoms with Gasteiger partial charge in [-0.25, -0.2) is 4.79 Å². The van der Waals surface area contributed by atoms with Crippen LogP contribution in [0.4, 0.5) is 4.79 Å². The zero-order valence-electron chi connectivity index (χ0n) is 52.9. The number of rotatable bonds is 12. The van der Waals surface area contributed by atoms with Crippen molar-refractivity contribution in [1.29, 1.82) is 0 Å². The minimum Gasteiger partial charge on any atom is -0.372 e. The van der Waals surface area contributed by atoms with Gasteiger partial charge in [-0.2, -0.15) is 0 Å². The molecule has 454 valence electrons. The van der Waals surface area contributed by atoms with E-state index in [9.17, 15) is 33.6 Å². The molecule has 2 fully saturated rings. The van der Waals surface area contributed by atoms with Crippen LogP contribution in [0.5, 0.6) is 0 Å². The number of carbonyl (C=O) groups is 9. The summed E-state index contributed by atoms with van der Waals surface area (Å²) in [5.41, 5.74) is 0. The molecule has 0 bridgehead atoms. The largest absolute Gasteiger partial charge is 0.372 e. The third kappa shape index (κ3) is 18.6. The Hall–Kier alpha value is -4.89. The van der Waals surface area contributed by atoms with Crippen molar-refractivity contribution < 1.29 is 47.9 Å². The number of carbonyl (C=O) groups excluding carboxylic acids is 9. The summed E-state index contributed by atoms with van der Waals surface area (Å²) in [7, 11) is 10.8. The number of urea groups is 1. The number of amides is 10. The highest BCUT2D eigenvalue weighted by atomic mass is 16.5. The fraction of sp³-hybridized carbons (Fsp3) is 0.845.